The second-order valence-corrected chi connectivity index (χ2v) is 5.82. The van der Waals surface area contributed by atoms with Crippen LogP contribution in [0.2, 0.25) is 0 Å². The summed E-state index contributed by atoms with van der Waals surface area (Å²) in [6, 6.07) is 6.40. The first-order chi connectivity index (χ1) is 13.0. The summed E-state index contributed by atoms with van der Waals surface area (Å²) in [4.78, 5) is 8.36. The van der Waals surface area contributed by atoms with E-state index in [2.05, 4.69) is 21.6 Å². The molecule has 0 amide bonds. The minimum Gasteiger partial charge on any atom is -0.266 e. The Balaban J connectivity index is 2.09. The van der Waals surface area contributed by atoms with Gasteiger partial charge in [0, 0.05) is 12.6 Å². The maximum absolute atomic E-state index is 12.9. The molecule has 0 radical (unpaired) electrons. The largest absolute Gasteiger partial charge is 0.435 e. The SMILES string of the molecule is C=Cc1cc(-c2cc(C(F)(F)F)nn2C)nc(-c2ccc(C(F)(F)F)cc2)n1. The number of aryl methyl sites for hydroxylation is 1. The molecule has 0 unspecified atom stereocenters. The van der Waals surface area contributed by atoms with Crippen molar-refractivity contribution in [1.29, 1.82) is 0 Å². The third-order valence-corrected chi connectivity index (χ3v) is 3.86. The predicted molar refractivity (Wildman–Crippen MR) is 89.8 cm³/mol. The zero-order valence-corrected chi connectivity index (χ0v) is 14.3. The van der Waals surface area contributed by atoms with E-state index in [9.17, 15) is 26.3 Å². The summed E-state index contributed by atoms with van der Waals surface area (Å²) < 4.78 is 77.9. The lowest BCUT2D eigenvalue weighted by Gasteiger charge is -2.09. The Bertz CT molecular complexity index is 1020. The molecule has 0 bridgehead atoms. The highest BCUT2D eigenvalue weighted by molar-refractivity contribution is 5.65. The van der Waals surface area contributed by atoms with Crippen molar-refractivity contribution < 1.29 is 26.3 Å². The van der Waals surface area contributed by atoms with Gasteiger partial charge in [-0.2, -0.15) is 31.4 Å². The lowest BCUT2D eigenvalue weighted by atomic mass is 10.1. The van der Waals surface area contributed by atoms with Crippen LogP contribution in [-0.2, 0) is 19.4 Å². The molecule has 0 fully saturated rings. The summed E-state index contributed by atoms with van der Waals surface area (Å²) in [6.07, 6.45) is -7.75. The van der Waals surface area contributed by atoms with Crippen molar-refractivity contribution in [1.82, 2.24) is 19.7 Å². The number of aromatic nitrogens is 4. The molecule has 0 N–H and O–H groups in total. The highest BCUT2D eigenvalue weighted by atomic mass is 19.4. The van der Waals surface area contributed by atoms with E-state index in [-0.39, 0.29) is 22.8 Å². The Hall–Kier alpha value is -3.17. The molecule has 0 saturated carbocycles. The normalized spacial score (nSPS) is 12.2. The standard InChI is InChI=1S/C18H12F6N4/c1-3-12-8-13(14-9-15(18(22,23)24)27-28(14)2)26-16(25-12)10-4-6-11(7-5-10)17(19,20)21/h3-9H,1H2,2H3. The maximum Gasteiger partial charge on any atom is 0.435 e. The molecular formula is C18H12F6N4. The Morgan fingerprint density at radius 1 is 0.929 bits per heavy atom. The van der Waals surface area contributed by atoms with E-state index in [1.54, 1.807) is 0 Å². The molecule has 0 aliphatic heterocycles. The van der Waals surface area contributed by atoms with Crippen LogP contribution >= 0.6 is 0 Å². The second kappa shape index (κ2) is 6.77. The van der Waals surface area contributed by atoms with Gasteiger partial charge in [-0.15, -0.1) is 0 Å². The number of benzene rings is 1. The molecule has 4 nitrogen and oxygen atoms in total. The van der Waals surface area contributed by atoms with E-state index in [4.69, 9.17) is 0 Å². The van der Waals surface area contributed by atoms with E-state index in [1.807, 2.05) is 0 Å². The number of nitrogens with zero attached hydrogens (tertiary/aromatic N) is 4. The smallest absolute Gasteiger partial charge is 0.266 e. The van der Waals surface area contributed by atoms with Crippen LogP contribution in [0.5, 0.6) is 0 Å². The molecule has 0 atom stereocenters. The molecule has 28 heavy (non-hydrogen) atoms. The molecule has 2 aromatic heterocycles. The van der Waals surface area contributed by atoms with Crippen molar-refractivity contribution in [2.75, 3.05) is 0 Å². The fourth-order valence-corrected chi connectivity index (χ4v) is 2.48. The summed E-state index contributed by atoms with van der Waals surface area (Å²) in [5, 5.41) is 3.44. The summed E-state index contributed by atoms with van der Waals surface area (Å²) in [5.74, 6) is 0.0517. The fraction of sp³-hybridized carbons (Fsp3) is 0.167. The Labute approximate surface area is 155 Å². The third kappa shape index (κ3) is 3.90. The molecule has 2 heterocycles. The predicted octanol–water partition coefficient (Wildman–Crippen LogP) is 5.22. The zero-order chi connectivity index (χ0) is 20.7. The highest BCUT2D eigenvalue weighted by Crippen LogP contribution is 2.33. The lowest BCUT2D eigenvalue weighted by molar-refractivity contribution is -0.141. The minimum absolute atomic E-state index is 0.0517. The molecular weight excluding hydrogens is 386 g/mol. The minimum atomic E-state index is -4.62. The van der Waals surface area contributed by atoms with Crippen molar-refractivity contribution in [3.63, 3.8) is 0 Å². The van der Waals surface area contributed by atoms with Gasteiger partial charge in [0.25, 0.3) is 0 Å². The van der Waals surface area contributed by atoms with E-state index in [0.29, 0.717) is 5.69 Å². The van der Waals surface area contributed by atoms with Crippen LogP contribution in [0.15, 0.2) is 43.0 Å². The van der Waals surface area contributed by atoms with Crippen molar-refractivity contribution >= 4 is 6.08 Å². The highest BCUT2D eigenvalue weighted by Gasteiger charge is 2.35. The van der Waals surface area contributed by atoms with Crippen LogP contribution in [0.3, 0.4) is 0 Å². The van der Waals surface area contributed by atoms with E-state index < -0.39 is 23.6 Å². The first-order valence-electron chi connectivity index (χ1n) is 7.80. The topological polar surface area (TPSA) is 43.6 Å². The number of hydrogen-bond donors (Lipinski definition) is 0. The molecule has 146 valence electrons. The third-order valence-electron chi connectivity index (χ3n) is 3.86. The van der Waals surface area contributed by atoms with Crippen molar-refractivity contribution in [2.45, 2.75) is 12.4 Å². The number of halogens is 6. The molecule has 0 saturated heterocycles. The molecule has 3 aromatic rings. The van der Waals surface area contributed by atoms with Crippen LogP contribution in [0.1, 0.15) is 17.0 Å². The van der Waals surface area contributed by atoms with Crippen LogP contribution in [0.25, 0.3) is 28.9 Å². The van der Waals surface area contributed by atoms with Gasteiger partial charge in [0.2, 0.25) is 0 Å². The van der Waals surface area contributed by atoms with Gasteiger partial charge in [0.15, 0.2) is 11.5 Å². The van der Waals surface area contributed by atoms with Gasteiger partial charge in [-0.25, -0.2) is 9.97 Å². The molecule has 0 spiro atoms. The molecule has 1 aromatic carbocycles. The van der Waals surface area contributed by atoms with Crippen LogP contribution in [-0.4, -0.2) is 19.7 Å². The Morgan fingerprint density at radius 3 is 2.07 bits per heavy atom. The monoisotopic (exact) mass is 398 g/mol. The van der Waals surface area contributed by atoms with Crippen molar-refractivity contribution in [3.8, 4) is 22.8 Å². The number of rotatable bonds is 3. The van der Waals surface area contributed by atoms with Crippen molar-refractivity contribution in [2.24, 2.45) is 7.05 Å². The van der Waals surface area contributed by atoms with E-state index in [0.717, 1.165) is 22.9 Å². The van der Waals surface area contributed by atoms with Crippen LogP contribution in [0, 0.1) is 0 Å². The fourth-order valence-electron chi connectivity index (χ4n) is 2.48. The first kappa shape index (κ1) is 19.6. The van der Waals surface area contributed by atoms with E-state index in [1.165, 1.54) is 31.3 Å². The average Bonchev–Trinajstić information content (AvgIpc) is 3.03. The summed E-state index contributed by atoms with van der Waals surface area (Å²) >= 11 is 0. The first-order valence-corrected chi connectivity index (χ1v) is 7.80. The van der Waals surface area contributed by atoms with Crippen molar-refractivity contribution in [3.05, 3.63) is 59.9 Å². The van der Waals surface area contributed by atoms with Crippen LogP contribution in [0.4, 0.5) is 26.3 Å². The van der Waals surface area contributed by atoms with Gasteiger partial charge < -0.3 is 0 Å². The summed E-state index contributed by atoms with van der Waals surface area (Å²) in [5.41, 5.74) is -1.14. The second-order valence-electron chi connectivity index (χ2n) is 5.82. The Kier molecular flexibility index (Phi) is 4.74. The Morgan fingerprint density at radius 2 is 1.57 bits per heavy atom. The van der Waals surface area contributed by atoms with Gasteiger partial charge >= 0.3 is 12.4 Å². The lowest BCUT2D eigenvalue weighted by Crippen LogP contribution is -2.06. The summed E-state index contributed by atoms with van der Waals surface area (Å²) in [6.45, 7) is 3.57. The number of hydrogen-bond acceptors (Lipinski definition) is 3. The molecule has 10 heteroatoms. The van der Waals surface area contributed by atoms with Gasteiger partial charge in [-0.3, -0.25) is 4.68 Å². The molecule has 3 rings (SSSR count). The van der Waals surface area contributed by atoms with Gasteiger partial charge in [0.1, 0.15) is 0 Å². The molecule has 0 aliphatic carbocycles. The summed E-state index contributed by atoms with van der Waals surface area (Å²) in [7, 11) is 1.33. The van der Waals surface area contributed by atoms with Gasteiger partial charge in [-0.05, 0) is 30.3 Å². The van der Waals surface area contributed by atoms with Crippen LogP contribution < -0.4 is 0 Å². The quantitative estimate of drug-likeness (QED) is 0.568. The van der Waals surface area contributed by atoms with Gasteiger partial charge in [0.05, 0.1) is 22.6 Å². The van der Waals surface area contributed by atoms with Gasteiger partial charge in [-0.1, -0.05) is 18.7 Å². The maximum atomic E-state index is 12.9. The zero-order valence-electron chi connectivity index (χ0n) is 14.3. The van der Waals surface area contributed by atoms with E-state index >= 15 is 0 Å². The molecule has 0 aliphatic rings. The average molecular weight is 398 g/mol. The number of alkyl halides is 6.